The summed E-state index contributed by atoms with van der Waals surface area (Å²) >= 11 is 0. The first-order valence-electron chi connectivity index (χ1n) is 6.30. The van der Waals surface area contributed by atoms with Gasteiger partial charge in [-0.2, -0.15) is 0 Å². The molecule has 2 rings (SSSR count). The summed E-state index contributed by atoms with van der Waals surface area (Å²) in [6.45, 7) is 0.321. The first-order valence-corrected chi connectivity index (χ1v) is 6.30. The first-order chi connectivity index (χ1) is 9.76. The third kappa shape index (κ3) is 3.42. The van der Waals surface area contributed by atoms with E-state index in [4.69, 9.17) is 14.2 Å². The van der Waals surface area contributed by atoms with E-state index in [2.05, 4.69) is 0 Å². The zero-order valence-corrected chi connectivity index (χ0v) is 11.6. The summed E-state index contributed by atoms with van der Waals surface area (Å²) in [5, 5.41) is 9.36. The van der Waals surface area contributed by atoms with Gasteiger partial charge in [0.05, 0.1) is 20.8 Å². The Hall–Kier alpha value is -2.20. The van der Waals surface area contributed by atoms with Crippen LogP contribution in [-0.4, -0.2) is 19.3 Å². The minimum Gasteiger partial charge on any atom is -0.497 e. The van der Waals surface area contributed by atoms with Crippen molar-refractivity contribution in [1.82, 2.24) is 0 Å². The molecule has 0 aliphatic rings. The van der Waals surface area contributed by atoms with Gasteiger partial charge in [-0.15, -0.1) is 0 Å². The van der Waals surface area contributed by atoms with Crippen LogP contribution < -0.4 is 14.2 Å². The SMILES string of the molecule is COc1cccc(COc2ccc(OC)cc2CO)c1. The first kappa shape index (κ1) is 14.2. The zero-order valence-electron chi connectivity index (χ0n) is 11.6. The second kappa shape index (κ2) is 6.82. The van der Waals surface area contributed by atoms with Crippen molar-refractivity contribution in [1.29, 1.82) is 0 Å². The molecule has 106 valence electrons. The molecule has 0 aromatic heterocycles. The number of aliphatic hydroxyl groups is 1. The van der Waals surface area contributed by atoms with Crippen molar-refractivity contribution in [2.24, 2.45) is 0 Å². The Labute approximate surface area is 118 Å². The lowest BCUT2D eigenvalue weighted by Gasteiger charge is -2.12. The zero-order chi connectivity index (χ0) is 14.4. The average Bonchev–Trinajstić information content (AvgIpc) is 2.52. The summed E-state index contributed by atoms with van der Waals surface area (Å²) in [6.07, 6.45) is 0. The van der Waals surface area contributed by atoms with E-state index in [9.17, 15) is 5.11 Å². The largest absolute Gasteiger partial charge is 0.497 e. The molecule has 0 spiro atoms. The fourth-order valence-electron chi connectivity index (χ4n) is 1.87. The molecule has 0 saturated carbocycles. The van der Waals surface area contributed by atoms with Gasteiger partial charge in [0.2, 0.25) is 0 Å². The van der Waals surface area contributed by atoms with Crippen molar-refractivity contribution in [3.8, 4) is 17.2 Å². The molecule has 0 unspecified atom stereocenters. The van der Waals surface area contributed by atoms with E-state index in [0.717, 1.165) is 11.3 Å². The highest BCUT2D eigenvalue weighted by atomic mass is 16.5. The number of hydrogen-bond donors (Lipinski definition) is 1. The molecule has 2 aromatic rings. The second-order valence-corrected chi connectivity index (χ2v) is 4.27. The van der Waals surface area contributed by atoms with Crippen LogP contribution in [0.2, 0.25) is 0 Å². The monoisotopic (exact) mass is 274 g/mol. The molecule has 1 N–H and O–H groups in total. The maximum atomic E-state index is 9.36. The van der Waals surface area contributed by atoms with Crippen LogP contribution in [0.1, 0.15) is 11.1 Å². The maximum Gasteiger partial charge on any atom is 0.125 e. The minimum absolute atomic E-state index is 0.0926. The van der Waals surface area contributed by atoms with Gasteiger partial charge in [0.1, 0.15) is 23.9 Å². The highest BCUT2D eigenvalue weighted by molar-refractivity contribution is 5.40. The number of rotatable bonds is 6. The smallest absolute Gasteiger partial charge is 0.125 e. The summed E-state index contributed by atoms with van der Waals surface area (Å²) in [6, 6.07) is 13.0. The Bertz CT molecular complexity index is 566. The number of benzene rings is 2. The lowest BCUT2D eigenvalue weighted by molar-refractivity contribution is 0.257. The summed E-state index contributed by atoms with van der Waals surface area (Å²) < 4.78 is 16.0. The molecule has 0 fully saturated rings. The summed E-state index contributed by atoms with van der Waals surface area (Å²) in [7, 11) is 3.22. The van der Waals surface area contributed by atoms with Crippen LogP contribution in [0.15, 0.2) is 42.5 Å². The van der Waals surface area contributed by atoms with E-state index in [1.54, 1.807) is 32.4 Å². The number of ether oxygens (including phenoxy) is 3. The third-order valence-corrected chi connectivity index (χ3v) is 2.97. The van der Waals surface area contributed by atoms with Gasteiger partial charge in [-0.25, -0.2) is 0 Å². The summed E-state index contributed by atoms with van der Waals surface area (Å²) in [4.78, 5) is 0. The van der Waals surface area contributed by atoms with Crippen LogP contribution in [0.3, 0.4) is 0 Å². The fourth-order valence-corrected chi connectivity index (χ4v) is 1.87. The average molecular weight is 274 g/mol. The molecule has 0 bridgehead atoms. The van der Waals surface area contributed by atoms with Gasteiger partial charge in [0.25, 0.3) is 0 Å². The van der Waals surface area contributed by atoms with Crippen LogP contribution in [-0.2, 0) is 13.2 Å². The molecule has 0 amide bonds. The Balaban J connectivity index is 2.10. The predicted octanol–water partition coefficient (Wildman–Crippen LogP) is 2.78. The second-order valence-electron chi connectivity index (χ2n) is 4.27. The van der Waals surface area contributed by atoms with E-state index in [1.165, 1.54) is 0 Å². The predicted molar refractivity (Wildman–Crippen MR) is 76.2 cm³/mol. The summed E-state index contributed by atoms with van der Waals surface area (Å²) in [5.41, 5.74) is 1.70. The number of aliphatic hydroxyl groups excluding tert-OH is 1. The van der Waals surface area contributed by atoms with E-state index < -0.39 is 0 Å². The van der Waals surface area contributed by atoms with Gasteiger partial charge in [-0.05, 0) is 35.9 Å². The fraction of sp³-hybridized carbons (Fsp3) is 0.250. The molecular formula is C16H18O4. The van der Waals surface area contributed by atoms with Crippen molar-refractivity contribution in [2.75, 3.05) is 14.2 Å². The van der Waals surface area contributed by atoms with Gasteiger partial charge in [0, 0.05) is 5.56 Å². The van der Waals surface area contributed by atoms with Crippen LogP contribution in [0.25, 0.3) is 0 Å². The lowest BCUT2D eigenvalue weighted by Crippen LogP contribution is -1.99. The molecular weight excluding hydrogens is 256 g/mol. The van der Waals surface area contributed by atoms with E-state index in [0.29, 0.717) is 23.7 Å². The van der Waals surface area contributed by atoms with Crippen molar-refractivity contribution in [3.05, 3.63) is 53.6 Å². The normalized spacial score (nSPS) is 10.2. The highest BCUT2D eigenvalue weighted by Crippen LogP contribution is 2.25. The summed E-state index contributed by atoms with van der Waals surface area (Å²) in [5.74, 6) is 2.14. The van der Waals surface area contributed by atoms with Crippen molar-refractivity contribution < 1.29 is 19.3 Å². The third-order valence-electron chi connectivity index (χ3n) is 2.97. The van der Waals surface area contributed by atoms with Crippen molar-refractivity contribution >= 4 is 0 Å². The topological polar surface area (TPSA) is 47.9 Å². The Kier molecular flexibility index (Phi) is 4.85. The van der Waals surface area contributed by atoms with E-state index in [-0.39, 0.29) is 6.61 Å². The molecule has 0 saturated heterocycles. The molecule has 2 aromatic carbocycles. The Morgan fingerprint density at radius 3 is 2.40 bits per heavy atom. The van der Waals surface area contributed by atoms with Gasteiger partial charge in [-0.3, -0.25) is 0 Å². The molecule has 4 nitrogen and oxygen atoms in total. The molecule has 4 heteroatoms. The van der Waals surface area contributed by atoms with Gasteiger partial charge < -0.3 is 19.3 Å². The lowest BCUT2D eigenvalue weighted by atomic mass is 10.2. The number of hydrogen-bond acceptors (Lipinski definition) is 4. The Morgan fingerprint density at radius 1 is 0.950 bits per heavy atom. The van der Waals surface area contributed by atoms with Crippen LogP contribution in [0.5, 0.6) is 17.2 Å². The molecule has 20 heavy (non-hydrogen) atoms. The van der Waals surface area contributed by atoms with Crippen LogP contribution in [0, 0.1) is 0 Å². The Morgan fingerprint density at radius 2 is 1.70 bits per heavy atom. The van der Waals surface area contributed by atoms with Gasteiger partial charge >= 0.3 is 0 Å². The quantitative estimate of drug-likeness (QED) is 0.880. The molecule has 0 atom stereocenters. The molecule has 0 heterocycles. The minimum atomic E-state index is -0.0926. The highest BCUT2D eigenvalue weighted by Gasteiger charge is 2.05. The van der Waals surface area contributed by atoms with Crippen molar-refractivity contribution in [3.63, 3.8) is 0 Å². The van der Waals surface area contributed by atoms with Gasteiger partial charge in [0.15, 0.2) is 0 Å². The van der Waals surface area contributed by atoms with E-state index >= 15 is 0 Å². The van der Waals surface area contributed by atoms with Crippen molar-refractivity contribution in [2.45, 2.75) is 13.2 Å². The molecule has 0 radical (unpaired) electrons. The van der Waals surface area contributed by atoms with Crippen LogP contribution in [0.4, 0.5) is 0 Å². The molecule has 0 aliphatic heterocycles. The maximum absolute atomic E-state index is 9.36. The standard InChI is InChI=1S/C16H18O4/c1-18-14-5-3-4-12(8-14)11-20-16-7-6-15(19-2)9-13(16)10-17/h3-9,17H,10-11H2,1-2H3. The molecule has 0 aliphatic carbocycles. The van der Waals surface area contributed by atoms with Gasteiger partial charge in [-0.1, -0.05) is 12.1 Å². The van der Waals surface area contributed by atoms with E-state index in [1.807, 2.05) is 24.3 Å². The number of methoxy groups -OCH3 is 2. The van der Waals surface area contributed by atoms with Crippen LogP contribution >= 0.6 is 0 Å².